The van der Waals surface area contributed by atoms with Gasteiger partial charge in [-0.1, -0.05) is 19.1 Å². The number of hydrogen-bond acceptors (Lipinski definition) is 3. The Morgan fingerprint density at radius 3 is 2.86 bits per heavy atom. The minimum absolute atomic E-state index is 0.804. The lowest BCUT2D eigenvalue weighted by atomic mass is 10.1. The van der Waals surface area contributed by atoms with Gasteiger partial charge in [0, 0.05) is 0 Å². The second-order valence-electron chi connectivity index (χ2n) is 3.16. The van der Waals surface area contributed by atoms with Crippen LogP contribution in [0, 0.1) is 6.92 Å². The highest BCUT2D eigenvalue weighted by atomic mass is 15.5. The summed E-state index contributed by atoms with van der Waals surface area (Å²) in [5.74, 6) is 0.804. The number of tetrazole rings is 1. The Labute approximate surface area is 82.6 Å². The molecular formula is C10H12N4. The molecule has 0 saturated carbocycles. The Morgan fingerprint density at radius 2 is 2.21 bits per heavy atom. The number of nitrogens with zero attached hydrogens (tertiary/aromatic N) is 4. The fraction of sp³-hybridized carbons (Fsp3) is 0.300. The molecule has 0 aliphatic rings. The van der Waals surface area contributed by atoms with Crippen LogP contribution in [0.2, 0.25) is 0 Å². The fourth-order valence-electron chi connectivity index (χ4n) is 1.38. The van der Waals surface area contributed by atoms with Crippen LogP contribution < -0.4 is 0 Å². The molecule has 0 N–H and O–H groups in total. The van der Waals surface area contributed by atoms with E-state index in [0.29, 0.717) is 0 Å². The van der Waals surface area contributed by atoms with Crippen molar-refractivity contribution < 1.29 is 0 Å². The van der Waals surface area contributed by atoms with Gasteiger partial charge in [-0.2, -0.15) is 4.68 Å². The van der Waals surface area contributed by atoms with Crippen molar-refractivity contribution in [3.63, 3.8) is 0 Å². The first-order chi connectivity index (χ1) is 6.81. The third kappa shape index (κ3) is 1.51. The summed E-state index contributed by atoms with van der Waals surface area (Å²) < 4.78 is 1.74. The van der Waals surface area contributed by atoms with Crippen LogP contribution in [-0.4, -0.2) is 20.2 Å². The first kappa shape index (κ1) is 8.87. The molecule has 1 heterocycles. The minimum Gasteiger partial charge on any atom is -0.198 e. The molecule has 0 spiro atoms. The predicted octanol–water partition coefficient (Wildman–Crippen LogP) is 1.53. The van der Waals surface area contributed by atoms with Crippen molar-refractivity contribution in [2.24, 2.45) is 0 Å². The molecule has 4 heteroatoms. The number of aryl methyl sites for hydroxylation is 2. The Bertz CT molecular complexity index is 433. The van der Waals surface area contributed by atoms with E-state index in [2.05, 4.69) is 34.6 Å². The van der Waals surface area contributed by atoms with Crippen molar-refractivity contribution in [1.82, 2.24) is 20.2 Å². The quantitative estimate of drug-likeness (QED) is 0.717. The molecule has 0 fully saturated rings. The van der Waals surface area contributed by atoms with E-state index >= 15 is 0 Å². The molecule has 4 nitrogen and oxygen atoms in total. The van der Waals surface area contributed by atoms with Crippen molar-refractivity contribution in [2.45, 2.75) is 20.3 Å². The summed E-state index contributed by atoms with van der Waals surface area (Å²) in [7, 11) is 0. The van der Waals surface area contributed by atoms with Gasteiger partial charge in [0.05, 0.1) is 5.69 Å². The summed E-state index contributed by atoms with van der Waals surface area (Å²) in [6.45, 7) is 4.02. The summed E-state index contributed by atoms with van der Waals surface area (Å²) in [5, 5.41) is 11.4. The minimum atomic E-state index is 0.804. The zero-order chi connectivity index (χ0) is 9.97. The van der Waals surface area contributed by atoms with E-state index in [0.717, 1.165) is 17.9 Å². The van der Waals surface area contributed by atoms with E-state index in [1.165, 1.54) is 5.56 Å². The summed E-state index contributed by atoms with van der Waals surface area (Å²) in [4.78, 5) is 0. The Hall–Kier alpha value is -1.71. The maximum Gasteiger partial charge on any atom is 0.153 e. The van der Waals surface area contributed by atoms with Crippen molar-refractivity contribution in [3.05, 3.63) is 35.7 Å². The molecule has 0 unspecified atom stereocenters. The zero-order valence-electron chi connectivity index (χ0n) is 8.31. The molecule has 0 radical (unpaired) electrons. The fourth-order valence-corrected chi connectivity index (χ4v) is 1.38. The Balaban J connectivity index is 2.47. The van der Waals surface area contributed by atoms with Crippen molar-refractivity contribution in [2.75, 3.05) is 0 Å². The summed E-state index contributed by atoms with van der Waals surface area (Å²) in [6, 6.07) is 8.23. The standard InChI is InChI=1S/C10H12N4/c1-3-9-5-4-6-10(7-9)14-8(2)11-12-13-14/h4-7H,3H2,1-2H3. The maximum atomic E-state index is 3.92. The number of hydrogen-bond donors (Lipinski definition) is 0. The number of benzene rings is 1. The lowest BCUT2D eigenvalue weighted by molar-refractivity contribution is 0.778. The largest absolute Gasteiger partial charge is 0.198 e. The van der Waals surface area contributed by atoms with Crippen LogP contribution >= 0.6 is 0 Å². The topological polar surface area (TPSA) is 43.6 Å². The van der Waals surface area contributed by atoms with Gasteiger partial charge >= 0.3 is 0 Å². The van der Waals surface area contributed by atoms with Crippen LogP contribution in [0.15, 0.2) is 24.3 Å². The second-order valence-corrected chi connectivity index (χ2v) is 3.16. The molecule has 1 aromatic heterocycles. The SMILES string of the molecule is CCc1cccc(-n2nnnc2C)c1. The van der Waals surface area contributed by atoms with Gasteiger partial charge in [-0.15, -0.1) is 5.10 Å². The third-order valence-electron chi connectivity index (χ3n) is 2.19. The van der Waals surface area contributed by atoms with E-state index in [1.807, 2.05) is 19.1 Å². The van der Waals surface area contributed by atoms with E-state index < -0.39 is 0 Å². The van der Waals surface area contributed by atoms with Gasteiger partial charge < -0.3 is 0 Å². The maximum absolute atomic E-state index is 3.92. The predicted molar refractivity (Wildman–Crippen MR) is 53.3 cm³/mol. The van der Waals surface area contributed by atoms with Crippen LogP contribution in [0.25, 0.3) is 5.69 Å². The van der Waals surface area contributed by atoms with Crippen LogP contribution in [0.3, 0.4) is 0 Å². The average molecular weight is 188 g/mol. The molecule has 2 rings (SSSR count). The Kier molecular flexibility index (Phi) is 2.26. The Morgan fingerprint density at radius 1 is 1.36 bits per heavy atom. The molecule has 0 amide bonds. The van der Waals surface area contributed by atoms with Gasteiger partial charge in [0.25, 0.3) is 0 Å². The molecule has 0 saturated heterocycles. The summed E-state index contributed by atoms with van der Waals surface area (Å²) >= 11 is 0. The highest BCUT2D eigenvalue weighted by Crippen LogP contribution is 2.10. The molecule has 14 heavy (non-hydrogen) atoms. The third-order valence-corrected chi connectivity index (χ3v) is 2.19. The summed E-state index contributed by atoms with van der Waals surface area (Å²) in [5.41, 5.74) is 2.31. The lowest BCUT2D eigenvalue weighted by Crippen LogP contribution is -1.99. The number of rotatable bonds is 2. The smallest absolute Gasteiger partial charge is 0.153 e. The van der Waals surface area contributed by atoms with Crippen LogP contribution in [0.5, 0.6) is 0 Å². The van der Waals surface area contributed by atoms with Gasteiger partial charge in [0.2, 0.25) is 0 Å². The molecule has 0 aliphatic heterocycles. The second kappa shape index (κ2) is 3.57. The van der Waals surface area contributed by atoms with Crippen molar-refractivity contribution in [1.29, 1.82) is 0 Å². The molecule has 0 aliphatic carbocycles. The molecular weight excluding hydrogens is 176 g/mol. The van der Waals surface area contributed by atoms with Gasteiger partial charge in [-0.05, 0) is 41.5 Å². The monoisotopic (exact) mass is 188 g/mol. The van der Waals surface area contributed by atoms with Crippen LogP contribution in [0.4, 0.5) is 0 Å². The van der Waals surface area contributed by atoms with Crippen molar-refractivity contribution in [3.8, 4) is 5.69 Å². The molecule has 72 valence electrons. The lowest BCUT2D eigenvalue weighted by Gasteiger charge is -2.03. The highest BCUT2D eigenvalue weighted by molar-refractivity contribution is 5.35. The van der Waals surface area contributed by atoms with E-state index in [1.54, 1.807) is 4.68 Å². The van der Waals surface area contributed by atoms with Crippen molar-refractivity contribution >= 4 is 0 Å². The van der Waals surface area contributed by atoms with Crippen LogP contribution in [-0.2, 0) is 6.42 Å². The first-order valence-corrected chi connectivity index (χ1v) is 4.65. The van der Waals surface area contributed by atoms with E-state index in [9.17, 15) is 0 Å². The normalized spacial score (nSPS) is 10.4. The zero-order valence-corrected chi connectivity index (χ0v) is 8.31. The van der Waals surface area contributed by atoms with Gasteiger partial charge in [-0.3, -0.25) is 0 Å². The molecule has 2 aromatic rings. The summed E-state index contributed by atoms with van der Waals surface area (Å²) in [6.07, 6.45) is 1.02. The highest BCUT2D eigenvalue weighted by Gasteiger charge is 2.02. The van der Waals surface area contributed by atoms with Crippen LogP contribution in [0.1, 0.15) is 18.3 Å². The van der Waals surface area contributed by atoms with Gasteiger partial charge in [-0.25, -0.2) is 0 Å². The number of aromatic nitrogens is 4. The average Bonchev–Trinajstić information content (AvgIpc) is 2.65. The molecule has 0 atom stereocenters. The van der Waals surface area contributed by atoms with Gasteiger partial charge in [0.15, 0.2) is 5.82 Å². The van der Waals surface area contributed by atoms with E-state index in [4.69, 9.17) is 0 Å². The molecule has 0 bridgehead atoms. The van der Waals surface area contributed by atoms with E-state index in [-0.39, 0.29) is 0 Å². The first-order valence-electron chi connectivity index (χ1n) is 4.65. The molecule has 1 aromatic carbocycles. The van der Waals surface area contributed by atoms with Gasteiger partial charge in [0.1, 0.15) is 0 Å².